The van der Waals surface area contributed by atoms with Gasteiger partial charge in [-0.05, 0) is 36.6 Å². The number of nitrogens with zero attached hydrogens (tertiary/aromatic N) is 6. The van der Waals surface area contributed by atoms with Gasteiger partial charge in [0.15, 0.2) is 11.3 Å². The summed E-state index contributed by atoms with van der Waals surface area (Å²) in [5.41, 5.74) is -0.175. The lowest BCUT2D eigenvalue weighted by Crippen LogP contribution is -2.16. The fraction of sp³-hybridized carbons (Fsp3) is 0.250. The third-order valence-corrected chi connectivity index (χ3v) is 5.66. The van der Waals surface area contributed by atoms with E-state index < -0.39 is 17.8 Å². The quantitative estimate of drug-likeness (QED) is 0.428. The van der Waals surface area contributed by atoms with Crippen LogP contribution in [0.5, 0.6) is 0 Å². The topological polar surface area (TPSA) is 90.0 Å². The summed E-state index contributed by atoms with van der Waals surface area (Å²) in [6.45, 7) is 0.274. The van der Waals surface area contributed by atoms with Gasteiger partial charge in [-0.2, -0.15) is 18.3 Å². The summed E-state index contributed by atoms with van der Waals surface area (Å²) in [5.74, 6) is -0.792. The van der Waals surface area contributed by atoms with Gasteiger partial charge in [-0.3, -0.25) is 10.1 Å². The van der Waals surface area contributed by atoms with E-state index in [1.165, 1.54) is 17.1 Å². The molecule has 0 aliphatic heterocycles. The number of alkyl halides is 3. The first kappa shape index (κ1) is 21.7. The van der Waals surface area contributed by atoms with E-state index in [1.807, 2.05) is 0 Å². The summed E-state index contributed by atoms with van der Waals surface area (Å²) in [4.78, 5) is 20.9. The smallest absolute Gasteiger partial charge is 0.288 e. The Hall–Kier alpha value is -3.18. The molecule has 5 rings (SSSR count). The molecule has 1 amide bonds. The molecule has 1 saturated carbocycles. The molecule has 0 bridgehead atoms. The van der Waals surface area contributed by atoms with Crippen LogP contribution in [-0.4, -0.2) is 35.3 Å². The Morgan fingerprint density at radius 2 is 1.94 bits per heavy atom. The van der Waals surface area contributed by atoms with E-state index in [1.54, 1.807) is 18.2 Å². The molecular formula is C20H14Cl2F3N7O. The van der Waals surface area contributed by atoms with E-state index in [2.05, 4.69) is 25.5 Å². The molecular weight excluding hydrogens is 482 g/mol. The van der Waals surface area contributed by atoms with Crippen molar-refractivity contribution in [2.75, 3.05) is 5.32 Å². The number of carbonyl (C=O) groups is 1. The average molecular weight is 496 g/mol. The van der Waals surface area contributed by atoms with E-state index in [4.69, 9.17) is 23.2 Å². The van der Waals surface area contributed by atoms with Gasteiger partial charge in [-0.25, -0.2) is 19.2 Å². The molecule has 1 fully saturated rings. The molecule has 3 heterocycles. The largest absolute Gasteiger partial charge is 0.433 e. The molecule has 8 nitrogen and oxygen atoms in total. The Morgan fingerprint density at radius 1 is 1.15 bits per heavy atom. The number of hydrogen-bond acceptors (Lipinski definition) is 5. The van der Waals surface area contributed by atoms with Crippen LogP contribution in [0.15, 0.2) is 36.7 Å². The Bertz CT molecular complexity index is 1380. The molecule has 0 radical (unpaired) electrons. The van der Waals surface area contributed by atoms with Crippen LogP contribution in [0, 0.1) is 0 Å². The fourth-order valence-electron chi connectivity index (χ4n) is 3.31. The molecule has 33 heavy (non-hydrogen) atoms. The standard InChI is InChI=1S/C20H14Cl2F3N7O/c21-12-4-3-11(13(22)5-12)8-31-9-26-19(30-31)28-18(33)15-7-17-27-14(10-1-2-10)6-16(20(23,24)25)32(17)29-15/h3-7,9-10H,1-2,8H2,(H,28,30,33). The van der Waals surface area contributed by atoms with Gasteiger partial charge in [-0.1, -0.05) is 29.3 Å². The number of hydrogen-bond donors (Lipinski definition) is 1. The molecule has 1 aliphatic rings. The third-order valence-electron chi connectivity index (χ3n) is 5.07. The Balaban J connectivity index is 1.37. The van der Waals surface area contributed by atoms with Crippen LogP contribution < -0.4 is 5.32 Å². The summed E-state index contributed by atoms with van der Waals surface area (Å²) >= 11 is 12.0. The lowest BCUT2D eigenvalue weighted by Gasteiger charge is -2.10. The zero-order valence-electron chi connectivity index (χ0n) is 16.6. The number of aromatic nitrogens is 6. The van der Waals surface area contributed by atoms with Gasteiger partial charge < -0.3 is 0 Å². The summed E-state index contributed by atoms with van der Waals surface area (Å²) < 4.78 is 42.7. The molecule has 3 aromatic heterocycles. The zero-order valence-corrected chi connectivity index (χ0v) is 18.2. The molecule has 1 aromatic carbocycles. The Kier molecular flexibility index (Phi) is 5.25. The van der Waals surface area contributed by atoms with Crippen molar-refractivity contribution in [3.8, 4) is 0 Å². The van der Waals surface area contributed by atoms with E-state index >= 15 is 0 Å². The van der Waals surface area contributed by atoms with Crippen LogP contribution in [0.3, 0.4) is 0 Å². The van der Waals surface area contributed by atoms with Crippen LogP contribution in [0.25, 0.3) is 5.65 Å². The van der Waals surface area contributed by atoms with Crippen molar-refractivity contribution in [3.05, 3.63) is 69.3 Å². The highest BCUT2D eigenvalue weighted by molar-refractivity contribution is 6.35. The summed E-state index contributed by atoms with van der Waals surface area (Å²) in [5, 5.41) is 11.3. The van der Waals surface area contributed by atoms with Gasteiger partial charge in [0, 0.05) is 27.7 Å². The average Bonchev–Trinajstić information content (AvgIpc) is 3.35. The first-order valence-electron chi connectivity index (χ1n) is 9.80. The van der Waals surface area contributed by atoms with Gasteiger partial charge in [0.25, 0.3) is 5.91 Å². The molecule has 0 saturated heterocycles. The second-order valence-corrected chi connectivity index (χ2v) is 8.44. The molecule has 1 aliphatic carbocycles. The highest BCUT2D eigenvalue weighted by Crippen LogP contribution is 2.41. The number of rotatable bonds is 5. The number of fused-ring (bicyclic) bond motifs is 1. The first-order valence-corrected chi connectivity index (χ1v) is 10.6. The Labute approximate surface area is 194 Å². The van der Waals surface area contributed by atoms with E-state index in [9.17, 15) is 18.0 Å². The van der Waals surface area contributed by atoms with Crippen molar-refractivity contribution in [1.29, 1.82) is 0 Å². The maximum atomic E-state index is 13.5. The minimum Gasteiger partial charge on any atom is -0.288 e. The molecule has 0 unspecified atom stereocenters. The van der Waals surface area contributed by atoms with Crippen LogP contribution in [0.1, 0.15) is 46.2 Å². The van der Waals surface area contributed by atoms with E-state index in [-0.39, 0.29) is 29.8 Å². The number of nitrogens with one attached hydrogen (secondary N) is 1. The minimum atomic E-state index is -4.64. The van der Waals surface area contributed by atoms with Gasteiger partial charge in [-0.15, -0.1) is 5.10 Å². The number of amides is 1. The van der Waals surface area contributed by atoms with Gasteiger partial charge in [0.05, 0.1) is 6.54 Å². The van der Waals surface area contributed by atoms with Crippen molar-refractivity contribution in [2.45, 2.75) is 31.5 Å². The van der Waals surface area contributed by atoms with Crippen molar-refractivity contribution in [2.24, 2.45) is 0 Å². The normalized spacial score (nSPS) is 14.1. The Morgan fingerprint density at radius 3 is 2.64 bits per heavy atom. The van der Waals surface area contributed by atoms with Gasteiger partial charge >= 0.3 is 6.18 Å². The maximum Gasteiger partial charge on any atom is 0.433 e. The van der Waals surface area contributed by atoms with Crippen LogP contribution in [-0.2, 0) is 12.7 Å². The van der Waals surface area contributed by atoms with Crippen molar-refractivity contribution >= 4 is 40.7 Å². The van der Waals surface area contributed by atoms with E-state index in [0.29, 0.717) is 20.3 Å². The zero-order chi connectivity index (χ0) is 23.3. The van der Waals surface area contributed by atoms with E-state index in [0.717, 1.165) is 24.5 Å². The number of benzene rings is 1. The van der Waals surface area contributed by atoms with Crippen LogP contribution in [0.4, 0.5) is 19.1 Å². The molecule has 1 N–H and O–H groups in total. The monoisotopic (exact) mass is 495 g/mol. The summed E-state index contributed by atoms with van der Waals surface area (Å²) in [6.07, 6.45) is -1.68. The minimum absolute atomic E-state index is 0.00517. The number of anilines is 1. The highest BCUT2D eigenvalue weighted by atomic mass is 35.5. The second kappa shape index (κ2) is 7.99. The number of carbonyl (C=O) groups excluding carboxylic acids is 1. The van der Waals surface area contributed by atoms with Crippen LogP contribution in [0.2, 0.25) is 10.0 Å². The first-order chi connectivity index (χ1) is 15.7. The number of halogens is 5. The fourth-order valence-corrected chi connectivity index (χ4v) is 3.78. The molecule has 4 aromatic rings. The molecule has 0 atom stereocenters. The summed E-state index contributed by atoms with van der Waals surface area (Å²) in [6, 6.07) is 7.22. The predicted octanol–water partition coefficient (Wildman–Crippen LogP) is 4.82. The van der Waals surface area contributed by atoms with Crippen molar-refractivity contribution in [3.63, 3.8) is 0 Å². The lowest BCUT2D eigenvalue weighted by atomic mass is 10.2. The predicted molar refractivity (Wildman–Crippen MR) is 114 cm³/mol. The summed E-state index contributed by atoms with van der Waals surface area (Å²) in [7, 11) is 0. The molecule has 170 valence electrons. The SMILES string of the molecule is O=C(Nc1ncn(Cc2ccc(Cl)cc2Cl)n1)c1cc2nc(C3CC3)cc(C(F)(F)F)n2n1. The lowest BCUT2D eigenvalue weighted by molar-refractivity contribution is -0.142. The molecule has 13 heteroatoms. The second-order valence-electron chi connectivity index (χ2n) is 7.59. The van der Waals surface area contributed by atoms with Gasteiger partial charge in [0.1, 0.15) is 12.0 Å². The van der Waals surface area contributed by atoms with Crippen LogP contribution >= 0.6 is 23.2 Å². The maximum absolute atomic E-state index is 13.5. The molecule has 0 spiro atoms. The van der Waals surface area contributed by atoms with Crippen molar-refractivity contribution < 1.29 is 18.0 Å². The van der Waals surface area contributed by atoms with Gasteiger partial charge in [0.2, 0.25) is 5.95 Å². The third kappa shape index (κ3) is 4.51. The highest BCUT2D eigenvalue weighted by Gasteiger charge is 2.37. The van der Waals surface area contributed by atoms with Crippen molar-refractivity contribution in [1.82, 2.24) is 29.4 Å².